The fraction of sp³-hybridized carbons (Fsp3) is 0.538. The van der Waals surface area contributed by atoms with E-state index < -0.39 is 0 Å². The summed E-state index contributed by atoms with van der Waals surface area (Å²) < 4.78 is 0. The first kappa shape index (κ1) is 12.8. The van der Waals surface area contributed by atoms with Gasteiger partial charge in [0.2, 0.25) is 0 Å². The van der Waals surface area contributed by atoms with Crippen LogP contribution in [0.25, 0.3) is 0 Å². The normalized spacial score (nSPS) is 14.8. The number of carbonyl (C=O) groups excluding carboxylic acids is 1. The van der Waals surface area contributed by atoms with E-state index in [1.165, 1.54) is 19.0 Å². The maximum atomic E-state index is 11.8. The van der Waals surface area contributed by atoms with Gasteiger partial charge in [-0.25, -0.2) is 4.98 Å². The third kappa shape index (κ3) is 3.43. The highest BCUT2D eigenvalue weighted by Crippen LogP contribution is 2.25. The van der Waals surface area contributed by atoms with Crippen molar-refractivity contribution in [3.05, 3.63) is 24.0 Å². The molecule has 0 aliphatic heterocycles. The lowest BCUT2D eigenvalue weighted by Crippen LogP contribution is -2.36. The summed E-state index contributed by atoms with van der Waals surface area (Å²) >= 11 is 0. The highest BCUT2D eigenvalue weighted by Gasteiger charge is 2.27. The Labute approximate surface area is 107 Å². The number of amides is 1. The molecule has 5 heteroatoms. The Bertz CT molecular complexity index is 400. The second-order valence-corrected chi connectivity index (χ2v) is 4.59. The van der Waals surface area contributed by atoms with Crippen LogP contribution in [0.1, 0.15) is 30.3 Å². The molecule has 1 aromatic heterocycles. The van der Waals surface area contributed by atoms with E-state index in [1.807, 2.05) is 0 Å². The van der Waals surface area contributed by atoms with Crippen molar-refractivity contribution < 1.29 is 4.79 Å². The Hall–Kier alpha value is -1.62. The Morgan fingerprint density at radius 3 is 2.89 bits per heavy atom. The number of likely N-dealkylation sites (N-methyl/N-ethyl adjacent to an activating group) is 1. The van der Waals surface area contributed by atoms with Crippen molar-refractivity contribution in [2.75, 3.05) is 25.4 Å². The third-order valence-corrected chi connectivity index (χ3v) is 3.17. The highest BCUT2D eigenvalue weighted by atomic mass is 16.1. The monoisotopic (exact) mass is 248 g/mol. The van der Waals surface area contributed by atoms with Gasteiger partial charge in [0, 0.05) is 19.1 Å². The zero-order valence-electron chi connectivity index (χ0n) is 10.7. The molecule has 3 N–H and O–H groups in total. The number of hydrogen-bond donors (Lipinski definition) is 2. The standard InChI is InChI=1S/C13H20N4O/c1-2-17(11-4-5-11)8-7-15-13(18)12-6-3-10(14)9-16-12/h3,6,9,11H,2,4-5,7-8,14H2,1H3,(H,15,18). The number of anilines is 1. The van der Waals surface area contributed by atoms with Crippen LogP contribution in [0, 0.1) is 0 Å². The lowest BCUT2D eigenvalue weighted by atomic mass is 10.3. The van der Waals surface area contributed by atoms with E-state index in [-0.39, 0.29) is 5.91 Å². The van der Waals surface area contributed by atoms with Crippen LogP contribution in [-0.2, 0) is 0 Å². The molecule has 1 heterocycles. The van der Waals surface area contributed by atoms with Crippen LogP contribution >= 0.6 is 0 Å². The minimum atomic E-state index is -0.137. The summed E-state index contributed by atoms with van der Waals surface area (Å²) in [5.41, 5.74) is 6.51. The molecule has 0 unspecified atom stereocenters. The fourth-order valence-corrected chi connectivity index (χ4v) is 1.98. The minimum Gasteiger partial charge on any atom is -0.397 e. The Morgan fingerprint density at radius 1 is 1.56 bits per heavy atom. The van der Waals surface area contributed by atoms with E-state index in [4.69, 9.17) is 5.73 Å². The fourth-order valence-electron chi connectivity index (χ4n) is 1.98. The first-order chi connectivity index (χ1) is 8.70. The summed E-state index contributed by atoms with van der Waals surface area (Å²) in [6, 6.07) is 4.06. The van der Waals surface area contributed by atoms with Crippen LogP contribution in [0.4, 0.5) is 5.69 Å². The molecular weight excluding hydrogens is 228 g/mol. The molecule has 1 aromatic rings. The van der Waals surface area contributed by atoms with Crippen LogP contribution in [0.2, 0.25) is 0 Å². The average Bonchev–Trinajstić information content (AvgIpc) is 3.19. The van der Waals surface area contributed by atoms with Crippen molar-refractivity contribution in [1.29, 1.82) is 0 Å². The molecule has 0 bridgehead atoms. The van der Waals surface area contributed by atoms with Gasteiger partial charge in [0.05, 0.1) is 11.9 Å². The predicted octanol–water partition coefficient (Wildman–Crippen LogP) is 0.878. The smallest absolute Gasteiger partial charge is 0.269 e. The molecule has 2 rings (SSSR count). The highest BCUT2D eigenvalue weighted by molar-refractivity contribution is 5.92. The lowest BCUT2D eigenvalue weighted by molar-refractivity contribution is 0.0943. The van der Waals surface area contributed by atoms with Crippen molar-refractivity contribution in [3.8, 4) is 0 Å². The molecule has 1 amide bonds. The molecule has 1 aliphatic rings. The number of pyridine rings is 1. The molecule has 0 radical (unpaired) electrons. The van der Waals surface area contributed by atoms with Gasteiger partial charge in [-0.15, -0.1) is 0 Å². The summed E-state index contributed by atoms with van der Waals surface area (Å²) in [4.78, 5) is 18.2. The molecular formula is C13H20N4O. The third-order valence-electron chi connectivity index (χ3n) is 3.17. The number of hydrogen-bond acceptors (Lipinski definition) is 4. The second-order valence-electron chi connectivity index (χ2n) is 4.59. The van der Waals surface area contributed by atoms with E-state index in [1.54, 1.807) is 12.1 Å². The molecule has 0 saturated heterocycles. The SMILES string of the molecule is CCN(CCNC(=O)c1ccc(N)cn1)C1CC1. The van der Waals surface area contributed by atoms with E-state index in [0.717, 1.165) is 19.1 Å². The topological polar surface area (TPSA) is 71.2 Å². The van der Waals surface area contributed by atoms with Gasteiger partial charge in [0.25, 0.3) is 5.91 Å². The first-order valence-corrected chi connectivity index (χ1v) is 6.44. The van der Waals surface area contributed by atoms with Gasteiger partial charge < -0.3 is 11.1 Å². The quantitative estimate of drug-likeness (QED) is 0.784. The van der Waals surface area contributed by atoms with Crippen LogP contribution in [0.3, 0.4) is 0 Å². The molecule has 0 spiro atoms. The van der Waals surface area contributed by atoms with E-state index in [9.17, 15) is 4.79 Å². The molecule has 0 atom stereocenters. The number of nitrogens with zero attached hydrogens (tertiary/aromatic N) is 2. The Kier molecular flexibility index (Phi) is 4.15. The zero-order valence-corrected chi connectivity index (χ0v) is 10.7. The van der Waals surface area contributed by atoms with Gasteiger partial charge in [-0.1, -0.05) is 6.92 Å². The van der Waals surface area contributed by atoms with Gasteiger partial charge in [-0.2, -0.15) is 0 Å². The van der Waals surface area contributed by atoms with Crippen molar-refractivity contribution in [2.24, 2.45) is 0 Å². The Balaban J connectivity index is 1.75. The summed E-state index contributed by atoms with van der Waals surface area (Å²) in [7, 11) is 0. The number of rotatable bonds is 6. The van der Waals surface area contributed by atoms with Crippen molar-refractivity contribution >= 4 is 11.6 Å². The zero-order chi connectivity index (χ0) is 13.0. The molecule has 5 nitrogen and oxygen atoms in total. The summed E-state index contributed by atoms with van der Waals surface area (Å²) in [5.74, 6) is -0.137. The molecule has 1 aliphatic carbocycles. The maximum Gasteiger partial charge on any atom is 0.269 e. The van der Waals surface area contributed by atoms with E-state index in [2.05, 4.69) is 22.1 Å². The largest absolute Gasteiger partial charge is 0.397 e. The van der Waals surface area contributed by atoms with Gasteiger partial charge in [0.1, 0.15) is 5.69 Å². The number of carbonyl (C=O) groups is 1. The average molecular weight is 248 g/mol. The van der Waals surface area contributed by atoms with Crippen molar-refractivity contribution in [2.45, 2.75) is 25.8 Å². The van der Waals surface area contributed by atoms with Crippen LogP contribution < -0.4 is 11.1 Å². The van der Waals surface area contributed by atoms with Gasteiger partial charge in [-0.05, 0) is 31.5 Å². The lowest BCUT2D eigenvalue weighted by Gasteiger charge is -2.19. The van der Waals surface area contributed by atoms with E-state index >= 15 is 0 Å². The van der Waals surface area contributed by atoms with Gasteiger partial charge >= 0.3 is 0 Å². The maximum absolute atomic E-state index is 11.8. The number of nitrogens with one attached hydrogen (secondary N) is 1. The van der Waals surface area contributed by atoms with Crippen LogP contribution in [0.15, 0.2) is 18.3 Å². The van der Waals surface area contributed by atoms with Crippen molar-refractivity contribution in [1.82, 2.24) is 15.2 Å². The minimum absolute atomic E-state index is 0.137. The number of aromatic nitrogens is 1. The first-order valence-electron chi connectivity index (χ1n) is 6.44. The molecule has 98 valence electrons. The van der Waals surface area contributed by atoms with Crippen LogP contribution in [-0.4, -0.2) is 41.5 Å². The van der Waals surface area contributed by atoms with E-state index in [0.29, 0.717) is 17.9 Å². The Morgan fingerprint density at radius 2 is 2.33 bits per heavy atom. The summed E-state index contributed by atoms with van der Waals surface area (Å²) in [6.45, 7) is 4.76. The molecule has 18 heavy (non-hydrogen) atoms. The number of nitrogens with two attached hydrogens (primary N) is 1. The molecule has 1 saturated carbocycles. The predicted molar refractivity (Wildman–Crippen MR) is 71.3 cm³/mol. The van der Waals surface area contributed by atoms with Crippen molar-refractivity contribution in [3.63, 3.8) is 0 Å². The summed E-state index contributed by atoms with van der Waals surface area (Å²) in [6.07, 6.45) is 4.08. The summed E-state index contributed by atoms with van der Waals surface area (Å²) in [5, 5.41) is 2.88. The molecule has 1 fully saturated rings. The second kappa shape index (κ2) is 5.82. The van der Waals surface area contributed by atoms with Gasteiger partial charge in [0.15, 0.2) is 0 Å². The van der Waals surface area contributed by atoms with Crippen LogP contribution in [0.5, 0.6) is 0 Å². The molecule has 0 aromatic carbocycles. The number of nitrogen functional groups attached to an aromatic ring is 1. The van der Waals surface area contributed by atoms with Gasteiger partial charge in [-0.3, -0.25) is 9.69 Å².